The topological polar surface area (TPSA) is 61.9 Å². The van der Waals surface area contributed by atoms with Gasteiger partial charge in [-0.05, 0) is 36.1 Å². The van der Waals surface area contributed by atoms with Gasteiger partial charge in [-0.25, -0.2) is 4.79 Å². The third-order valence-electron chi connectivity index (χ3n) is 5.77. The fraction of sp³-hybridized carbons (Fsp3) is 0.417. The summed E-state index contributed by atoms with van der Waals surface area (Å²) in [4.78, 5) is 29.4. The SMILES string of the molecule is CCc1cccc(C)c1NC(=O)CN1CCN(C(C(=O)OC)c2ccccc2Cl)CC1. The molecule has 1 aliphatic heterocycles. The summed E-state index contributed by atoms with van der Waals surface area (Å²) in [5, 5.41) is 3.63. The minimum absolute atomic E-state index is 0.0203. The zero-order valence-corrected chi connectivity index (χ0v) is 19.1. The number of hydrogen-bond donors (Lipinski definition) is 1. The van der Waals surface area contributed by atoms with Gasteiger partial charge in [-0.15, -0.1) is 0 Å². The van der Waals surface area contributed by atoms with Crippen LogP contribution in [0.15, 0.2) is 42.5 Å². The minimum Gasteiger partial charge on any atom is -0.468 e. The molecular weight excluding hydrogens is 414 g/mol. The molecule has 2 aromatic rings. The Bertz CT molecular complexity index is 926. The van der Waals surface area contributed by atoms with Crippen LogP contribution in [0.4, 0.5) is 5.69 Å². The predicted octanol–water partition coefficient (Wildman–Crippen LogP) is 3.68. The highest BCUT2D eigenvalue weighted by Crippen LogP contribution is 2.29. The molecule has 1 amide bonds. The van der Waals surface area contributed by atoms with Gasteiger partial charge in [-0.1, -0.05) is 54.9 Å². The third kappa shape index (κ3) is 5.64. The number of nitrogens with zero attached hydrogens (tertiary/aromatic N) is 2. The molecule has 31 heavy (non-hydrogen) atoms. The summed E-state index contributed by atoms with van der Waals surface area (Å²) in [5.74, 6) is -0.348. The highest BCUT2D eigenvalue weighted by molar-refractivity contribution is 6.31. The number of benzene rings is 2. The van der Waals surface area contributed by atoms with E-state index in [1.54, 1.807) is 6.07 Å². The monoisotopic (exact) mass is 443 g/mol. The van der Waals surface area contributed by atoms with E-state index in [9.17, 15) is 9.59 Å². The van der Waals surface area contributed by atoms with E-state index in [1.165, 1.54) is 7.11 Å². The maximum atomic E-state index is 12.7. The van der Waals surface area contributed by atoms with E-state index in [0.717, 1.165) is 28.8 Å². The van der Waals surface area contributed by atoms with Crippen LogP contribution >= 0.6 is 11.6 Å². The Kier molecular flexibility index (Phi) is 8.07. The molecule has 1 atom stereocenters. The van der Waals surface area contributed by atoms with Crippen LogP contribution < -0.4 is 5.32 Å². The number of nitrogens with one attached hydrogen (secondary N) is 1. The van der Waals surface area contributed by atoms with E-state index in [2.05, 4.69) is 22.0 Å². The average molecular weight is 444 g/mol. The van der Waals surface area contributed by atoms with Crippen LogP contribution in [-0.2, 0) is 20.7 Å². The summed E-state index contributed by atoms with van der Waals surface area (Å²) < 4.78 is 5.05. The molecule has 7 heteroatoms. The molecule has 2 aromatic carbocycles. The first-order chi connectivity index (χ1) is 14.9. The number of methoxy groups -OCH3 is 1. The summed E-state index contributed by atoms with van der Waals surface area (Å²) in [7, 11) is 1.39. The first-order valence-electron chi connectivity index (χ1n) is 10.6. The molecule has 1 aliphatic rings. The molecule has 0 aliphatic carbocycles. The molecule has 0 saturated carbocycles. The van der Waals surface area contributed by atoms with Crippen molar-refractivity contribution in [3.8, 4) is 0 Å². The van der Waals surface area contributed by atoms with Gasteiger partial charge < -0.3 is 10.1 Å². The van der Waals surface area contributed by atoms with Gasteiger partial charge in [-0.3, -0.25) is 14.6 Å². The van der Waals surface area contributed by atoms with Crippen LogP contribution in [0.3, 0.4) is 0 Å². The molecule has 1 saturated heterocycles. The normalized spacial score (nSPS) is 16.0. The number of rotatable bonds is 7. The van der Waals surface area contributed by atoms with Crippen molar-refractivity contribution < 1.29 is 14.3 Å². The number of aryl methyl sites for hydroxylation is 2. The highest BCUT2D eigenvalue weighted by atomic mass is 35.5. The fourth-order valence-corrected chi connectivity index (χ4v) is 4.28. The van der Waals surface area contributed by atoms with Crippen LogP contribution in [-0.4, -0.2) is 61.5 Å². The van der Waals surface area contributed by atoms with Gasteiger partial charge in [0.05, 0.1) is 13.7 Å². The molecule has 0 aromatic heterocycles. The second-order valence-electron chi connectivity index (χ2n) is 7.77. The van der Waals surface area contributed by atoms with Crippen LogP contribution in [0.5, 0.6) is 0 Å². The largest absolute Gasteiger partial charge is 0.468 e. The van der Waals surface area contributed by atoms with Crippen molar-refractivity contribution in [3.63, 3.8) is 0 Å². The number of ether oxygens (including phenoxy) is 1. The van der Waals surface area contributed by atoms with Gasteiger partial charge in [0.25, 0.3) is 0 Å². The minimum atomic E-state index is -0.547. The van der Waals surface area contributed by atoms with Gasteiger partial charge in [0.1, 0.15) is 6.04 Å². The molecule has 1 fully saturated rings. The van der Waals surface area contributed by atoms with Crippen LogP contribution in [0, 0.1) is 6.92 Å². The number of para-hydroxylation sites is 1. The number of piperazine rings is 1. The summed E-state index contributed by atoms with van der Waals surface area (Å²) in [6, 6.07) is 12.9. The lowest BCUT2D eigenvalue weighted by Crippen LogP contribution is -2.51. The number of halogens is 1. The van der Waals surface area contributed by atoms with Crippen LogP contribution in [0.1, 0.15) is 29.7 Å². The molecule has 1 N–H and O–H groups in total. The summed E-state index contributed by atoms with van der Waals surface area (Å²) in [6.07, 6.45) is 0.868. The first kappa shape index (κ1) is 23.3. The second-order valence-corrected chi connectivity index (χ2v) is 8.18. The molecule has 0 spiro atoms. The smallest absolute Gasteiger partial charge is 0.327 e. The number of hydrogen-bond acceptors (Lipinski definition) is 5. The number of carbonyl (C=O) groups is 2. The van der Waals surface area contributed by atoms with Crippen LogP contribution in [0.25, 0.3) is 0 Å². The van der Waals surface area contributed by atoms with Crippen molar-refractivity contribution >= 4 is 29.2 Å². The van der Waals surface area contributed by atoms with Crippen molar-refractivity contribution in [2.24, 2.45) is 0 Å². The zero-order valence-electron chi connectivity index (χ0n) is 18.4. The molecule has 1 heterocycles. The maximum absolute atomic E-state index is 12.7. The molecule has 166 valence electrons. The fourth-order valence-electron chi connectivity index (χ4n) is 4.04. The molecule has 1 unspecified atom stereocenters. The van der Waals surface area contributed by atoms with E-state index in [4.69, 9.17) is 16.3 Å². The Morgan fingerprint density at radius 1 is 1.10 bits per heavy atom. The van der Waals surface area contributed by atoms with Crippen molar-refractivity contribution in [2.45, 2.75) is 26.3 Å². The number of esters is 1. The van der Waals surface area contributed by atoms with E-state index in [1.807, 2.05) is 43.3 Å². The molecule has 0 bridgehead atoms. The van der Waals surface area contributed by atoms with E-state index in [-0.39, 0.29) is 11.9 Å². The Labute approximate surface area is 189 Å². The van der Waals surface area contributed by atoms with E-state index < -0.39 is 6.04 Å². The van der Waals surface area contributed by atoms with E-state index in [0.29, 0.717) is 37.7 Å². The maximum Gasteiger partial charge on any atom is 0.327 e. The zero-order chi connectivity index (χ0) is 22.4. The Balaban J connectivity index is 1.61. The Morgan fingerprint density at radius 3 is 2.45 bits per heavy atom. The van der Waals surface area contributed by atoms with Gasteiger partial charge in [0.2, 0.25) is 5.91 Å². The van der Waals surface area contributed by atoms with Gasteiger partial charge in [-0.2, -0.15) is 0 Å². The van der Waals surface area contributed by atoms with Gasteiger partial charge in [0, 0.05) is 36.9 Å². The van der Waals surface area contributed by atoms with Crippen molar-refractivity contribution in [1.82, 2.24) is 9.80 Å². The number of anilines is 1. The van der Waals surface area contributed by atoms with Crippen molar-refractivity contribution in [3.05, 3.63) is 64.2 Å². The van der Waals surface area contributed by atoms with Crippen molar-refractivity contribution in [2.75, 3.05) is 45.2 Å². The molecule has 3 rings (SSSR count). The summed E-state index contributed by atoms with van der Waals surface area (Å²) in [6.45, 7) is 7.06. The highest BCUT2D eigenvalue weighted by Gasteiger charge is 2.32. The predicted molar refractivity (Wildman–Crippen MR) is 123 cm³/mol. The van der Waals surface area contributed by atoms with Crippen molar-refractivity contribution in [1.29, 1.82) is 0 Å². The lowest BCUT2D eigenvalue weighted by Gasteiger charge is -2.38. The van der Waals surface area contributed by atoms with E-state index >= 15 is 0 Å². The molecular formula is C24H30ClN3O3. The molecule has 6 nitrogen and oxygen atoms in total. The number of carbonyl (C=O) groups excluding carboxylic acids is 2. The third-order valence-corrected chi connectivity index (χ3v) is 6.11. The quantitative estimate of drug-likeness (QED) is 0.661. The lowest BCUT2D eigenvalue weighted by atomic mass is 10.0. The summed E-state index contributed by atoms with van der Waals surface area (Å²) >= 11 is 6.35. The molecule has 0 radical (unpaired) electrons. The van der Waals surface area contributed by atoms with Crippen LogP contribution in [0.2, 0.25) is 5.02 Å². The van der Waals surface area contributed by atoms with Gasteiger partial charge >= 0.3 is 5.97 Å². The first-order valence-corrected chi connectivity index (χ1v) is 11.0. The summed E-state index contributed by atoms with van der Waals surface area (Å²) in [5.41, 5.74) is 3.86. The van der Waals surface area contributed by atoms with Gasteiger partial charge in [0.15, 0.2) is 0 Å². The standard InChI is InChI=1S/C24H30ClN3O3/c1-4-18-9-7-8-17(2)22(18)26-21(29)16-27-12-14-28(15-13-27)23(24(30)31-3)19-10-5-6-11-20(19)25/h5-11,23H,4,12-16H2,1-3H3,(H,26,29). The Morgan fingerprint density at radius 2 is 1.81 bits per heavy atom. The average Bonchev–Trinajstić information content (AvgIpc) is 2.77. The lowest BCUT2D eigenvalue weighted by molar-refractivity contribution is -0.148. The number of amides is 1. The second kappa shape index (κ2) is 10.8. The Hall–Kier alpha value is -2.41.